The number of Topliss-reactive ketones (excluding diaryl/α,β-unsaturated/α-hetero) is 1. The molecule has 0 aromatic rings. The van der Waals surface area contributed by atoms with E-state index < -0.39 is 48.8 Å². The topological polar surface area (TPSA) is 129 Å². The zero-order valence-electron chi connectivity index (χ0n) is 10.8. The molecule has 0 aromatic carbocycles. The van der Waals surface area contributed by atoms with E-state index in [2.05, 4.69) is 9.53 Å². The van der Waals surface area contributed by atoms with Gasteiger partial charge in [0.25, 0.3) is 5.91 Å². The molecule has 21 heavy (non-hydrogen) atoms. The summed E-state index contributed by atoms with van der Waals surface area (Å²) < 4.78 is 41.2. The number of ether oxygens (including phenoxy) is 1. The van der Waals surface area contributed by atoms with Crippen LogP contribution in [0.25, 0.3) is 5.53 Å². The van der Waals surface area contributed by atoms with E-state index in [9.17, 15) is 27.6 Å². The normalized spacial score (nSPS) is 13.7. The molecule has 8 nitrogen and oxygen atoms in total. The summed E-state index contributed by atoms with van der Waals surface area (Å²) in [5, 5.41) is 10.4. The molecule has 0 spiro atoms. The van der Waals surface area contributed by atoms with Gasteiger partial charge in [0, 0.05) is 13.5 Å². The zero-order chi connectivity index (χ0) is 16.6. The van der Waals surface area contributed by atoms with E-state index in [1.165, 1.54) is 0 Å². The quantitative estimate of drug-likeness (QED) is 0.364. The molecule has 0 aliphatic carbocycles. The maximum atomic E-state index is 12.4. The highest BCUT2D eigenvalue weighted by Gasteiger charge is 2.46. The number of aliphatic carboxylic acids is 1. The maximum absolute atomic E-state index is 12.4. The smallest absolute Gasteiger partial charge is 0.423 e. The van der Waals surface area contributed by atoms with Gasteiger partial charge in [-0.15, -0.1) is 0 Å². The molecule has 11 heteroatoms. The number of nitrogens with one attached hydrogen (secondary N) is 1. The van der Waals surface area contributed by atoms with Crippen LogP contribution in [-0.2, 0) is 19.1 Å². The van der Waals surface area contributed by atoms with Crippen molar-refractivity contribution in [3.63, 3.8) is 0 Å². The van der Waals surface area contributed by atoms with Gasteiger partial charge in [-0.3, -0.25) is 9.59 Å². The molecular weight excluding hydrogens is 299 g/mol. The second-order valence-corrected chi connectivity index (χ2v) is 3.81. The first-order chi connectivity index (χ1) is 9.63. The van der Waals surface area contributed by atoms with Crippen LogP contribution < -0.4 is 5.32 Å². The molecule has 0 aliphatic heterocycles. The van der Waals surface area contributed by atoms with Gasteiger partial charge in [-0.25, -0.2) is 4.79 Å². The van der Waals surface area contributed by atoms with Crippen molar-refractivity contribution in [1.82, 2.24) is 5.32 Å². The van der Waals surface area contributed by atoms with Crippen LogP contribution in [0.4, 0.5) is 13.2 Å². The summed E-state index contributed by atoms with van der Waals surface area (Å²) >= 11 is 0. The molecule has 1 amide bonds. The molecule has 0 fully saturated rings. The fraction of sp³-hybridized carbons (Fsp3) is 0.600. The number of carboxylic acid groups (broad SMARTS) is 1. The predicted octanol–water partition coefficient (Wildman–Crippen LogP) is -0.217. The monoisotopic (exact) mass is 311 g/mol. The number of amides is 1. The van der Waals surface area contributed by atoms with Gasteiger partial charge in [-0.05, 0) is 6.42 Å². The Morgan fingerprint density at radius 3 is 2.38 bits per heavy atom. The van der Waals surface area contributed by atoms with Crippen LogP contribution in [0, 0.1) is 0 Å². The second-order valence-electron chi connectivity index (χ2n) is 3.81. The molecule has 118 valence electrons. The number of hydrogen-bond donors (Lipinski definition) is 2. The Hall–Kier alpha value is -2.26. The highest BCUT2D eigenvalue weighted by atomic mass is 19.4. The Bertz CT molecular complexity index is 459. The minimum Gasteiger partial charge on any atom is -0.480 e. The first-order valence-corrected chi connectivity index (χ1v) is 5.46. The van der Waals surface area contributed by atoms with Crippen molar-refractivity contribution < 1.29 is 42.2 Å². The van der Waals surface area contributed by atoms with Gasteiger partial charge in [0.15, 0.2) is 0 Å². The average molecular weight is 311 g/mol. The lowest BCUT2D eigenvalue weighted by molar-refractivity contribution is -0.212. The van der Waals surface area contributed by atoms with Gasteiger partial charge >= 0.3 is 18.4 Å². The molecule has 0 unspecified atom stereocenters. The standard InChI is InChI=1S/C10H12F3N3O5/c1-21-7(10(11,12)13)8(18)16-6(9(19)20)3-2-5(17)4-15-14/h4,6-7H,2-3H2,1H3,(H,16,18)(H,19,20)/t6-,7-/m0/s1. The Morgan fingerprint density at radius 2 is 2.00 bits per heavy atom. The minimum absolute atomic E-state index is 0.440. The van der Waals surface area contributed by atoms with Gasteiger partial charge in [-0.2, -0.15) is 18.0 Å². The second kappa shape index (κ2) is 8.12. The van der Waals surface area contributed by atoms with E-state index >= 15 is 0 Å². The van der Waals surface area contributed by atoms with Crippen molar-refractivity contribution in [3.05, 3.63) is 5.53 Å². The van der Waals surface area contributed by atoms with Crippen molar-refractivity contribution in [2.24, 2.45) is 0 Å². The van der Waals surface area contributed by atoms with E-state index in [0.29, 0.717) is 13.3 Å². The lowest BCUT2D eigenvalue weighted by Crippen LogP contribution is -2.51. The summed E-state index contributed by atoms with van der Waals surface area (Å²) in [6, 6.07) is -1.71. The number of carboxylic acids is 1. The molecule has 0 heterocycles. The largest absolute Gasteiger partial charge is 0.480 e. The number of nitrogens with zero attached hydrogens (tertiary/aromatic N) is 2. The number of hydrogen-bond acceptors (Lipinski definition) is 4. The number of carbonyl (C=O) groups excluding carboxylic acids is 2. The van der Waals surface area contributed by atoms with Gasteiger partial charge < -0.3 is 20.7 Å². The third kappa shape index (κ3) is 6.63. The first kappa shape index (κ1) is 18.7. The summed E-state index contributed by atoms with van der Waals surface area (Å²) in [6.07, 6.45) is -8.21. The summed E-state index contributed by atoms with van der Waals surface area (Å²) in [5.74, 6) is -4.05. The third-order valence-electron chi connectivity index (χ3n) is 2.27. The van der Waals surface area contributed by atoms with Crippen molar-refractivity contribution in [2.45, 2.75) is 31.2 Å². The van der Waals surface area contributed by atoms with E-state index in [4.69, 9.17) is 10.6 Å². The van der Waals surface area contributed by atoms with Gasteiger partial charge in [0.2, 0.25) is 11.9 Å². The summed E-state index contributed by atoms with van der Waals surface area (Å²) in [5.41, 5.74) is 8.07. The molecule has 0 rings (SSSR count). The zero-order valence-corrected chi connectivity index (χ0v) is 10.8. The van der Waals surface area contributed by atoms with Gasteiger partial charge in [0.05, 0.1) is 0 Å². The fourth-order valence-corrected chi connectivity index (χ4v) is 1.31. The van der Waals surface area contributed by atoms with Crippen LogP contribution >= 0.6 is 0 Å². The Kier molecular flexibility index (Phi) is 7.25. The van der Waals surface area contributed by atoms with Crippen LogP contribution in [0.1, 0.15) is 12.8 Å². The average Bonchev–Trinajstić information content (AvgIpc) is 2.33. The molecule has 2 atom stereocenters. The molecule has 0 saturated carbocycles. The number of alkyl halides is 3. The Morgan fingerprint density at radius 1 is 1.43 bits per heavy atom. The summed E-state index contributed by atoms with van der Waals surface area (Å²) in [6.45, 7) is 0. The Balaban J connectivity index is 4.78. The maximum Gasteiger partial charge on any atom is 0.423 e. The van der Waals surface area contributed by atoms with Crippen LogP contribution in [0.2, 0.25) is 0 Å². The highest BCUT2D eigenvalue weighted by molar-refractivity contribution is 6.25. The number of carbonyl (C=O) groups is 3. The van der Waals surface area contributed by atoms with Gasteiger partial charge in [0.1, 0.15) is 6.04 Å². The fourth-order valence-electron chi connectivity index (χ4n) is 1.31. The first-order valence-electron chi connectivity index (χ1n) is 5.46. The SMILES string of the molecule is CO[C@@H](C(=O)N[C@@H](CCC(=O)C=[N+]=[N-])C(=O)O)C(F)(F)F. The van der Waals surface area contributed by atoms with Crippen LogP contribution in [-0.4, -0.2) is 59.2 Å². The van der Waals surface area contributed by atoms with E-state index in [0.717, 1.165) is 0 Å². The third-order valence-corrected chi connectivity index (χ3v) is 2.27. The van der Waals surface area contributed by atoms with Crippen LogP contribution in [0.5, 0.6) is 0 Å². The van der Waals surface area contributed by atoms with Crippen molar-refractivity contribution >= 4 is 23.9 Å². The predicted molar refractivity (Wildman–Crippen MR) is 60.3 cm³/mol. The molecular formula is C10H12F3N3O5. The summed E-state index contributed by atoms with van der Waals surface area (Å²) in [7, 11) is 0.648. The van der Waals surface area contributed by atoms with Crippen molar-refractivity contribution in [3.8, 4) is 0 Å². The van der Waals surface area contributed by atoms with Gasteiger partial charge in [-0.1, -0.05) is 0 Å². The molecule has 0 saturated heterocycles. The van der Waals surface area contributed by atoms with E-state index in [1.54, 1.807) is 5.32 Å². The Labute approximate surface area is 116 Å². The number of rotatable bonds is 8. The molecule has 0 aliphatic rings. The summed E-state index contributed by atoms with van der Waals surface area (Å²) in [4.78, 5) is 35.6. The lowest BCUT2D eigenvalue weighted by Gasteiger charge is -2.20. The molecule has 0 radical (unpaired) electrons. The van der Waals surface area contributed by atoms with E-state index in [1.807, 2.05) is 0 Å². The lowest BCUT2D eigenvalue weighted by atomic mass is 10.1. The van der Waals surface area contributed by atoms with Crippen molar-refractivity contribution in [2.75, 3.05) is 7.11 Å². The van der Waals surface area contributed by atoms with Crippen LogP contribution in [0.15, 0.2) is 0 Å². The molecule has 0 aromatic heterocycles. The highest BCUT2D eigenvalue weighted by Crippen LogP contribution is 2.22. The number of ketones is 1. The number of halogens is 3. The van der Waals surface area contributed by atoms with E-state index in [-0.39, 0.29) is 0 Å². The number of methoxy groups -OCH3 is 1. The molecule has 0 bridgehead atoms. The van der Waals surface area contributed by atoms with Crippen LogP contribution in [0.3, 0.4) is 0 Å². The minimum atomic E-state index is -5.00. The van der Waals surface area contributed by atoms with Crippen molar-refractivity contribution in [1.29, 1.82) is 0 Å². The molecule has 2 N–H and O–H groups in total.